The van der Waals surface area contributed by atoms with Gasteiger partial charge in [-0.05, 0) is 43.2 Å². The third kappa shape index (κ3) is 2.18. The minimum absolute atomic E-state index is 0.864. The maximum Gasteiger partial charge on any atom is 0.133 e. The Morgan fingerprint density at radius 2 is 1.73 bits per heavy atom. The zero-order chi connectivity index (χ0) is 10.7. The van der Waals surface area contributed by atoms with Gasteiger partial charge in [-0.1, -0.05) is 30.3 Å². The maximum atomic E-state index is 5.81. The molecule has 2 rings (SSSR count). The monoisotopic (exact) mass is 197 g/mol. The Kier molecular flexibility index (Phi) is 2.72. The molecule has 0 aliphatic rings. The van der Waals surface area contributed by atoms with Gasteiger partial charge in [-0.2, -0.15) is 0 Å². The van der Waals surface area contributed by atoms with Gasteiger partial charge in [0.25, 0.3) is 0 Å². The van der Waals surface area contributed by atoms with Crippen molar-refractivity contribution in [1.29, 1.82) is 0 Å². The molecule has 0 amide bonds. The van der Waals surface area contributed by atoms with Crippen LogP contribution in [0.25, 0.3) is 0 Å². The summed E-state index contributed by atoms with van der Waals surface area (Å²) in [4.78, 5) is 0. The van der Waals surface area contributed by atoms with E-state index in [0.717, 1.165) is 22.6 Å². The summed E-state index contributed by atoms with van der Waals surface area (Å²) in [5.41, 5.74) is 2.17. The highest BCUT2D eigenvalue weighted by molar-refractivity contribution is 5.42. The fraction of sp³-hybridized carbons (Fsp3) is 0.143. The first-order valence-electron chi connectivity index (χ1n) is 4.98. The minimum atomic E-state index is 0.864. The summed E-state index contributed by atoms with van der Waals surface area (Å²) in [6.07, 6.45) is 0. The molecule has 0 heterocycles. The molecule has 0 N–H and O–H groups in total. The van der Waals surface area contributed by atoms with Crippen LogP contribution >= 0.6 is 0 Å². The van der Waals surface area contributed by atoms with Crippen LogP contribution in [0.5, 0.6) is 11.5 Å². The number of hydrogen-bond donors (Lipinski definition) is 0. The van der Waals surface area contributed by atoms with Gasteiger partial charge in [0, 0.05) is 0 Å². The molecular formula is C14H13O. The lowest BCUT2D eigenvalue weighted by Gasteiger charge is -2.10. The second kappa shape index (κ2) is 4.18. The van der Waals surface area contributed by atoms with Crippen molar-refractivity contribution in [2.24, 2.45) is 0 Å². The Hall–Kier alpha value is -1.76. The molecule has 2 aromatic carbocycles. The molecule has 0 aliphatic carbocycles. The average molecular weight is 197 g/mol. The van der Waals surface area contributed by atoms with Crippen molar-refractivity contribution in [3.8, 4) is 11.5 Å². The van der Waals surface area contributed by atoms with E-state index in [4.69, 9.17) is 4.74 Å². The highest BCUT2D eigenvalue weighted by Crippen LogP contribution is 2.27. The van der Waals surface area contributed by atoms with Gasteiger partial charge in [-0.15, -0.1) is 0 Å². The largest absolute Gasteiger partial charge is 0.457 e. The van der Waals surface area contributed by atoms with Crippen molar-refractivity contribution in [3.63, 3.8) is 0 Å². The Labute approximate surface area is 90.3 Å². The molecule has 0 bridgehead atoms. The summed E-state index contributed by atoms with van der Waals surface area (Å²) >= 11 is 0. The molecule has 0 saturated heterocycles. The SMILES string of the molecule is Cc1[c]ccc(C)c1Oc1ccccc1. The first-order valence-corrected chi connectivity index (χ1v) is 4.98. The summed E-state index contributed by atoms with van der Waals surface area (Å²) in [5, 5.41) is 0. The van der Waals surface area contributed by atoms with E-state index in [9.17, 15) is 0 Å². The number of para-hydroxylation sites is 1. The third-order valence-corrected chi connectivity index (χ3v) is 2.30. The van der Waals surface area contributed by atoms with Crippen molar-refractivity contribution in [1.82, 2.24) is 0 Å². The average Bonchev–Trinajstić information content (AvgIpc) is 2.25. The number of rotatable bonds is 2. The molecule has 0 atom stereocenters. The lowest BCUT2D eigenvalue weighted by atomic mass is 10.1. The van der Waals surface area contributed by atoms with Crippen molar-refractivity contribution >= 4 is 0 Å². The Morgan fingerprint density at radius 3 is 2.40 bits per heavy atom. The molecule has 1 radical (unpaired) electrons. The minimum Gasteiger partial charge on any atom is -0.457 e. The number of ether oxygens (including phenoxy) is 1. The summed E-state index contributed by atoms with van der Waals surface area (Å²) in [6.45, 7) is 4.05. The van der Waals surface area contributed by atoms with E-state index in [2.05, 4.69) is 6.07 Å². The van der Waals surface area contributed by atoms with Crippen LogP contribution in [0.1, 0.15) is 11.1 Å². The Morgan fingerprint density at radius 1 is 1.00 bits per heavy atom. The molecule has 15 heavy (non-hydrogen) atoms. The van der Waals surface area contributed by atoms with Crippen LogP contribution in [-0.2, 0) is 0 Å². The summed E-state index contributed by atoms with van der Waals surface area (Å²) in [7, 11) is 0. The molecule has 1 heteroatoms. The van der Waals surface area contributed by atoms with E-state index >= 15 is 0 Å². The van der Waals surface area contributed by atoms with E-state index in [1.165, 1.54) is 0 Å². The molecule has 2 aromatic rings. The van der Waals surface area contributed by atoms with Gasteiger partial charge in [0.05, 0.1) is 0 Å². The van der Waals surface area contributed by atoms with Crippen LogP contribution in [0.15, 0.2) is 42.5 Å². The molecule has 1 nitrogen and oxygen atoms in total. The smallest absolute Gasteiger partial charge is 0.133 e. The molecule has 0 fully saturated rings. The molecule has 0 aromatic heterocycles. The van der Waals surface area contributed by atoms with Gasteiger partial charge >= 0.3 is 0 Å². The van der Waals surface area contributed by atoms with Crippen molar-refractivity contribution in [2.45, 2.75) is 13.8 Å². The Balaban J connectivity index is 2.32. The molecule has 0 saturated carbocycles. The summed E-state index contributed by atoms with van der Waals surface area (Å²) < 4.78 is 5.81. The molecule has 0 unspecified atom stereocenters. The van der Waals surface area contributed by atoms with Crippen molar-refractivity contribution in [3.05, 3.63) is 59.7 Å². The van der Waals surface area contributed by atoms with Crippen LogP contribution < -0.4 is 4.74 Å². The van der Waals surface area contributed by atoms with Crippen molar-refractivity contribution < 1.29 is 4.74 Å². The third-order valence-electron chi connectivity index (χ3n) is 2.30. The van der Waals surface area contributed by atoms with E-state index in [1.807, 2.05) is 56.3 Å². The standard InChI is InChI=1S/C14H13O/c1-11-7-6-8-12(2)14(11)15-13-9-4-3-5-10-13/h3-7,9-10H,1-2H3. The van der Waals surface area contributed by atoms with Gasteiger partial charge < -0.3 is 4.74 Å². The number of aryl methyl sites for hydroxylation is 2. The summed E-state index contributed by atoms with van der Waals surface area (Å²) in [5.74, 6) is 1.77. The zero-order valence-electron chi connectivity index (χ0n) is 8.95. The van der Waals surface area contributed by atoms with E-state index in [1.54, 1.807) is 0 Å². The molecule has 0 spiro atoms. The highest BCUT2D eigenvalue weighted by Gasteiger charge is 2.03. The lowest BCUT2D eigenvalue weighted by molar-refractivity contribution is 0.475. The topological polar surface area (TPSA) is 9.23 Å². The van der Waals surface area contributed by atoms with E-state index in [-0.39, 0.29) is 0 Å². The molecular weight excluding hydrogens is 184 g/mol. The first kappa shape index (κ1) is 9.78. The Bertz CT molecular complexity index is 426. The zero-order valence-corrected chi connectivity index (χ0v) is 8.95. The van der Waals surface area contributed by atoms with Crippen LogP contribution in [0, 0.1) is 19.9 Å². The van der Waals surface area contributed by atoms with E-state index in [0.29, 0.717) is 0 Å². The normalized spacial score (nSPS) is 10.0. The van der Waals surface area contributed by atoms with Crippen LogP contribution in [-0.4, -0.2) is 0 Å². The maximum absolute atomic E-state index is 5.81. The molecule has 0 aliphatic heterocycles. The molecule has 75 valence electrons. The van der Waals surface area contributed by atoms with Gasteiger partial charge in [0.15, 0.2) is 0 Å². The fourth-order valence-corrected chi connectivity index (χ4v) is 1.49. The van der Waals surface area contributed by atoms with Crippen LogP contribution in [0.4, 0.5) is 0 Å². The first-order chi connectivity index (χ1) is 7.27. The van der Waals surface area contributed by atoms with Gasteiger partial charge in [0.2, 0.25) is 0 Å². The van der Waals surface area contributed by atoms with Gasteiger partial charge in [0.1, 0.15) is 11.5 Å². The van der Waals surface area contributed by atoms with Crippen LogP contribution in [0.2, 0.25) is 0 Å². The second-order valence-corrected chi connectivity index (χ2v) is 3.53. The number of benzene rings is 2. The van der Waals surface area contributed by atoms with Crippen molar-refractivity contribution in [2.75, 3.05) is 0 Å². The number of hydrogen-bond acceptors (Lipinski definition) is 1. The van der Waals surface area contributed by atoms with Gasteiger partial charge in [-0.25, -0.2) is 0 Å². The second-order valence-electron chi connectivity index (χ2n) is 3.53. The predicted molar refractivity (Wildman–Crippen MR) is 61.3 cm³/mol. The predicted octanol–water partition coefficient (Wildman–Crippen LogP) is 3.90. The highest BCUT2D eigenvalue weighted by atomic mass is 16.5. The summed E-state index contributed by atoms with van der Waals surface area (Å²) in [6, 6.07) is 16.9. The quantitative estimate of drug-likeness (QED) is 0.709. The van der Waals surface area contributed by atoms with Crippen LogP contribution in [0.3, 0.4) is 0 Å². The van der Waals surface area contributed by atoms with E-state index < -0.39 is 0 Å². The van der Waals surface area contributed by atoms with Gasteiger partial charge in [-0.3, -0.25) is 0 Å². The lowest BCUT2D eigenvalue weighted by Crippen LogP contribution is -1.90. The fourth-order valence-electron chi connectivity index (χ4n) is 1.49.